The predicted octanol–water partition coefficient (Wildman–Crippen LogP) is 4.07. The molecule has 0 saturated heterocycles. The van der Waals surface area contributed by atoms with Crippen LogP contribution >= 0.6 is 11.6 Å². The van der Waals surface area contributed by atoms with Crippen molar-refractivity contribution in [1.29, 1.82) is 0 Å². The van der Waals surface area contributed by atoms with Crippen LogP contribution in [0.5, 0.6) is 6.01 Å². The van der Waals surface area contributed by atoms with Gasteiger partial charge in [0.05, 0.1) is 11.6 Å². The lowest BCUT2D eigenvalue weighted by Crippen LogP contribution is -2.28. The van der Waals surface area contributed by atoms with Crippen molar-refractivity contribution in [2.45, 2.75) is 34.1 Å². The Morgan fingerprint density at radius 2 is 2.00 bits per heavy atom. The van der Waals surface area contributed by atoms with Crippen molar-refractivity contribution in [2.75, 3.05) is 6.61 Å². The fourth-order valence-electron chi connectivity index (χ4n) is 1.82. The third-order valence-electron chi connectivity index (χ3n) is 2.97. The minimum Gasteiger partial charge on any atom is -0.462 e. The zero-order chi connectivity index (χ0) is 16.3. The van der Waals surface area contributed by atoms with Gasteiger partial charge in [-0.15, -0.1) is 5.10 Å². The summed E-state index contributed by atoms with van der Waals surface area (Å²) in [6.07, 6.45) is 0.836. The normalized spacial score (nSPS) is 11.5. The molecular weight excluding hydrogens is 302 g/mol. The van der Waals surface area contributed by atoms with E-state index in [0.29, 0.717) is 23.0 Å². The highest BCUT2D eigenvalue weighted by Gasteiger charge is 2.29. The standard InChI is InChI=1S/C16H20ClN3O2/c1-5-10-22-15-18-13(11-8-6-7-9-12(11)17)20(19-15)14(21)16(2,3)4/h6-9H,5,10H2,1-4H3. The zero-order valence-electron chi connectivity index (χ0n) is 13.3. The first kappa shape index (κ1) is 16.5. The average Bonchev–Trinajstić information content (AvgIpc) is 2.87. The van der Waals surface area contributed by atoms with E-state index in [1.807, 2.05) is 45.9 Å². The van der Waals surface area contributed by atoms with Gasteiger partial charge in [0.25, 0.3) is 5.91 Å². The van der Waals surface area contributed by atoms with Crippen molar-refractivity contribution in [3.63, 3.8) is 0 Å². The van der Waals surface area contributed by atoms with Crippen LogP contribution in [0.3, 0.4) is 0 Å². The van der Waals surface area contributed by atoms with Crippen LogP contribution < -0.4 is 4.74 Å². The van der Waals surface area contributed by atoms with Crippen LogP contribution in [0.1, 0.15) is 38.9 Å². The van der Waals surface area contributed by atoms with Gasteiger partial charge in [0.2, 0.25) is 0 Å². The van der Waals surface area contributed by atoms with E-state index in [1.165, 1.54) is 4.68 Å². The first-order chi connectivity index (χ1) is 10.3. The first-order valence-electron chi connectivity index (χ1n) is 7.24. The lowest BCUT2D eigenvalue weighted by molar-refractivity contribution is 0.0749. The number of aromatic nitrogens is 3. The number of benzene rings is 1. The summed E-state index contributed by atoms with van der Waals surface area (Å²) in [4.78, 5) is 17.0. The summed E-state index contributed by atoms with van der Waals surface area (Å²) in [6.45, 7) is 7.99. The van der Waals surface area contributed by atoms with Gasteiger partial charge >= 0.3 is 6.01 Å². The third-order valence-corrected chi connectivity index (χ3v) is 3.30. The van der Waals surface area contributed by atoms with E-state index in [4.69, 9.17) is 16.3 Å². The molecule has 2 aromatic rings. The van der Waals surface area contributed by atoms with Crippen molar-refractivity contribution in [1.82, 2.24) is 14.8 Å². The molecule has 118 valence electrons. The van der Waals surface area contributed by atoms with E-state index in [0.717, 1.165) is 6.42 Å². The van der Waals surface area contributed by atoms with Gasteiger partial charge in [-0.3, -0.25) is 4.79 Å². The number of halogens is 1. The van der Waals surface area contributed by atoms with Crippen LogP contribution in [-0.2, 0) is 0 Å². The van der Waals surface area contributed by atoms with Gasteiger partial charge in [0.15, 0.2) is 5.82 Å². The Kier molecular flexibility index (Phi) is 4.86. The van der Waals surface area contributed by atoms with E-state index in [-0.39, 0.29) is 11.9 Å². The average molecular weight is 322 g/mol. The fraction of sp³-hybridized carbons (Fsp3) is 0.438. The summed E-state index contributed by atoms with van der Waals surface area (Å²) in [5.74, 6) is 0.234. The van der Waals surface area contributed by atoms with Gasteiger partial charge in [0.1, 0.15) is 0 Å². The van der Waals surface area contributed by atoms with Gasteiger partial charge in [-0.25, -0.2) is 0 Å². The zero-order valence-corrected chi connectivity index (χ0v) is 14.0. The maximum atomic E-state index is 12.6. The molecule has 22 heavy (non-hydrogen) atoms. The molecule has 0 aliphatic rings. The molecule has 0 saturated carbocycles. The summed E-state index contributed by atoms with van der Waals surface area (Å²) in [5.41, 5.74) is 0.0618. The number of hydrogen-bond donors (Lipinski definition) is 0. The lowest BCUT2D eigenvalue weighted by Gasteiger charge is -2.17. The summed E-state index contributed by atoms with van der Waals surface area (Å²) in [5, 5.41) is 4.72. The minimum atomic E-state index is -0.592. The molecule has 0 unspecified atom stereocenters. The van der Waals surface area contributed by atoms with Gasteiger partial charge in [-0.1, -0.05) is 51.4 Å². The Bertz CT molecular complexity index is 674. The second-order valence-electron chi connectivity index (χ2n) is 6.01. The van der Waals surface area contributed by atoms with Crippen LogP contribution in [0.2, 0.25) is 5.02 Å². The summed E-state index contributed by atoms with van der Waals surface area (Å²) in [6, 6.07) is 7.42. The molecule has 1 heterocycles. The molecule has 0 aliphatic heterocycles. The molecule has 5 nitrogen and oxygen atoms in total. The molecule has 0 aliphatic carbocycles. The Hall–Kier alpha value is -1.88. The van der Waals surface area contributed by atoms with Gasteiger partial charge < -0.3 is 4.74 Å². The molecule has 0 N–H and O–H groups in total. The number of rotatable bonds is 4. The second kappa shape index (κ2) is 6.48. The Labute approximate surface area is 135 Å². The molecule has 0 amide bonds. The third kappa shape index (κ3) is 3.47. The van der Waals surface area contributed by atoms with Crippen LogP contribution in [0.15, 0.2) is 24.3 Å². The largest absolute Gasteiger partial charge is 0.462 e. The van der Waals surface area contributed by atoms with Crippen molar-refractivity contribution in [3.05, 3.63) is 29.3 Å². The van der Waals surface area contributed by atoms with Gasteiger partial charge in [-0.2, -0.15) is 9.67 Å². The van der Waals surface area contributed by atoms with E-state index in [1.54, 1.807) is 6.07 Å². The Morgan fingerprint density at radius 3 is 2.59 bits per heavy atom. The molecule has 0 fully saturated rings. The SMILES string of the molecule is CCCOc1nc(-c2ccccc2Cl)n(C(=O)C(C)(C)C)n1. The van der Waals surface area contributed by atoms with Gasteiger partial charge in [-0.05, 0) is 18.6 Å². The maximum absolute atomic E-state index is 12.6. The van der Waals surface area contributed by atoms with Gasteiger partial charge in [0, 0.05) is 11.0 Å². The number of carbonyl (C=O) groups is 1. The van der Waals surface area contributed by atoms with E-state index < -0.39 is 5.41 Å². The molecule has 0 radical (unpaired) electrons. The minimum absolute atomic E-state index is 0.165. The molecule has 0 bridgehead atoms. The second-order valence-corrected chi connectivity index (χ2v) is 6.42. The quantitative estimate of drug-likeness (QED) is 0.851. The topological polar surface area (TPSA) is 57.0 Å². The molecule has 2 rings (SSSR count). The summed E-state index contributed by atoms with van der Waals surface area (Å²) in [7, 11) is 0. The Morgan fingerprint density at radius 1 is 1.32 bits per heavy atom. The highest BCUT2D eigenvalue weighted by atomic mass is 35.5. The molecular formula is C16H20ClN3O2. The molecule has 0 spiro atoms. The van der Waals surface area contributed by atoms with Crippen LogP contribution in [-0.4, -0.2) is 27.3 Å². The van der Waals surface area contributed by atoms with Crippen LogP contribution in [0.25, 0.3) is 11.4 Å². The number of nitrogens with zero attached hydrogens (tertiary/aromatic N) is 3. The number of ether oxygens (including phenoxy) is 1. The smallest absolute Gasteiger partial charge is 0.336 e. The highest BCUT2D eigenvalue weighted by Crippen LogP contribution is 2.29. The predicted molar refractivity (Wildman–Crippen MR) is 86.3 cm³/mol. The summed E-state index contributed by atoms with van der Waals surface area (Å²) >= 11 is 6.23. The molecule has 0 atom stereocenters. The monoisotopic (exact) mass is 321 g/mol. The Balaban J connectivity index is 2.53. The first-order valence-corrected chi connectivity index (χ1v) is 7.62. The van der Waals surface area contributed by atoms with E-state index in [9.17, 15) is 4.79 Å². The molecule has 6 heteroatoms. The van der Waals surface area contributed by atoms with Crippen molar-refractivity contribution >= 4 is 17.5 Å². The number of carbonyl (C=O) groups excluding carboxylic acids is 1. The lowest BCUT2D eigenvalue weighted by atomic mass is 9.95. The van der Waals surface area contributed by atoms with Crippen molar-refractivity contribution in [2.24, 2.45) is 5.41 Å². The van der Waals surface area contributed by atoms with Crippen LogP contribution in [0.4, 0.5) is 0 Å². The molecule has 1 aromatic carbocycles. The van der Waals surface area contributed by atoms with Crippen molar-refractivity contribution in [3.8, 4) is 17.4 Å². The van der Waals surface area contributed by atoms with E-state index in [2.05, 4.69) is 10.1 Å². The maximum Gasteiger partial charge on any atom is 0.336 e. The van der Waals surface area contributed by atoms with Crippen LogP contribution in [0, 0.1) is 5.41 Å². The number of hydrogen-bond acceptors (Lipinski definition) is 4. The van der Waals surface area contributed by atoms with E-state index >= 15 is 0 Å². The van der Waals surface area contributed by atoms with Crippen molar-refractivity contribution < 1.29 is 9.53 Å². The fourth-order valence-corrected chi connectivity index (χ4v) is 2.04. The summed E-state index contributed by atoms with van der Waals surface area (Å²) < 4.78 is 6.75. The molecule has 1 aromatic heterocycles. The highest BCUT2D eigenvalue weighted by molar-refractivity contribution is 6.33.